The van der Waals surface area contributed by atoms with Crippen molar-refractivity contribution in [2.75, 3.05) is 14.1 Å². The number of halogens is 3. The Morgan fingerprint density at radius 3 is 2.42 bits per heavy atom. The number of rotatable bonds is 4. The maximum absolute atomic E-state index is 13.1. The first-order valence-corrected chi connectivity index (χ1v) is 8.43. The summed E-state index contributed by atoms with van der Waals surface area (Å²) >= 11 is 1.33. The molecular formula is C17H15F3N4OS. The Kier molecular flexibility index (Phi) is 4.84. The molecule has 0 fully saturated rings. The monoisotopic (exact) mass is 380 g/mol. The number of alkyl halides is 3. The highest BCUT2D eigenvalue weighted by Gasteiger charge is 2.35. The Bertz CT molecular complexity index is 899. The second-order valence-corrected chi connectivity index (χ2v) is 6.63. The number of carbonyl (C=O) groups is 1. The van der Waals surface area contributed by atoms with E-state index in [2.05, 4.69) is 10.5 Å². The van der Waals surface area contributed by atoms with Gasteiger partial charge in [0.2, 0.25) is 0 Å². The van der Waals surface area contributed by atoms with Crippen molar-refractivity contribution in [2.24, 2.45) is 0 Å². The maximum atomic E-state index is 13.1. The second-order valence-electron chi connectivity index (χ2n) is 5.68. The number of nitrogens with zero attached hydrogens (tertiary/aromatic N) is 3. The summed E-state index contributed by atoms with van der Waals surface area (Å²) in [4.78, 5) is 12.6. The van der Waals surface area contributed by atoms with Crippen LogP contribution in [0.15, 0.2) is 47.8 Å². The molecule has 1 N–H and O–H groups in total. The number of amides is 1. The van der Waals surface area contributed by atoms with Gasteiger partial charge in [-0.25, -0.2) is 9.69 Å². The van der Waals surface area contributed by atoms with Gasteiger partial charge in [-0.15, -0.1) is 11.3 Å². The fourth-order valence-corrected chi connectivity index (χ4v) is 3.06. The van der Waals surface area contributed by atoms with Gasteiger partial charge < -0.3 is 0 Å². The zero-order valence-corrected chi connectivity index (χ0v) is 14.7. The SMILES string of the molecule is CN(C)NC(=O)c1ccc(-n2nc(C(F)(F)F)cc2-c2cccs2)cc1. The molecule has 26 heavy (non-hydrogen) atoms. The number of nitrogens with one attached hydrogen (secondary N) is 1. The molecule has 1 aromatic carbocycles. The van der Waals surface area contributed by atoms with Crippen LogP contribution in [0.1, 0.15) is 16.1 Å². The molecule has 3 rings (SSSR count). The first kappa shape index (κ1) is 18.2. The Balaban J connectivity index is 2.00. The normalized spacial score (nSPS) is 11.8. The molecule has 0 atom stereocenters. The van der Waals surface area contributed by atoms with Gasteiger partial charge >= 0.3 is 6.18 Å². The van der Waals surface area contributed by atoms with Crippen molar-refractivity contribution in [3.8, 4) is 16.3 Å². The maximum Gasteiger partial charge on any atom is 0.435 e. The highest BCUT2D eigenvalue weighted by molar-refractivity contribution is 7.13. The lowest BCUT2D eigenvalue weighted by Gasteiger charge is -2.12. The summed E-state index contributed by atoms with van der Waals surface area (Å²) in [6, 6.07) is 10.7. The van der Waals surface area contributed by atoms with E-state index in [9.17, 15) is 18.0 Å². The predicted molar refractivity (Wildman–Crippen MR) is 93.0 cm³/mol. The van der Waals surface area contributed by atoms with E-state index in [-0.39, 0.29) is 5.91 Å². The van der Waals surface area contributed by atoms with Crippen LogP contribution in [0, 0.1) is 0 Å². The van der Waals surface area contributed by atoms with E-state index in [0.29, 0.717) is 21.8 Å². The third kappa shape index (κ3) is 3.78. The molecule has 0 saturated carbocycles. The molecule has 0 aliphatic carbocycles. The number of hydrogen-bond donors (Lipinski definition) is 1. The van der Waals surface area contributed by atoms with E-state index in [1.807, 2.05) is 0 Å². The third-order valence-electron chi connectivity index (χ3n) is 3.47. The van der Waals surface area contributed by atoms with Crippen LogP contribution in [-0.2, 0) is 6.18 Å². The molecule has 1 amide bonds. The van der Waals surface area contributed by atoms with Crippen molar-refractivity contribution in [3.63, 3.8) is 0 Å². The number of carbonyl (C=O) groups excluding carboxylic acids is 1. The van der Waals surface area contributed by atoms with Crippen LogP contribution in [-0.4, -0.2) is 34.8 Å². The van der Waals surface area contributed by atoms with E-state index in [4.69, 9.17) is 0 Å². The quantitative estimate of drug-likeness (QED) is 0.700. The summed E-state index contributed by atoms with van der Waals surface area (Å²) in [6.07, 6.45) is -4.54. The molecule has 0 bridgehead atoms. The van der Waals surface area contributed by atoms with Gasteiger partial charge in [-0.2, -0.15) is 18.3 Å². The zero-order chi connectivity index (χ0) is 18.9. The lowest BCUT2D eigenvalue weighted by atomic mass is 10.2. The first-order valence-electron chi connectivity index (χ1n) is 7.55. The largest absolute Gasteiger partial charge is 0.435 e. The predicted octanol–water partition coefficient (Wildman–Crippen LogP) is 3.83. The molecule has 3 aromatic rings. The van der Waals surface area contributed by atoms with Crippen molar-refractivity contribution in [1.29, 1.82) is 0 Å². The second kappa shape index (κ2) is 6.93. The third-order valence-corrected chi connectivity index (χ3v) is 4.37. The van der Waals surface area contributed by atoms with Gasteiger partial charge in [-0.1, -0.05) is 6.07 Å². The molecular weight excluding hydrogens is 365 g/mol. The Labute approximate surface area is 151 Å². The van der Waals surface area contributed by atoms with Crippen molar-refractivity contribution >= 4 is 17.2 Å². The van der Waals surface area contributed by atoms with Crippen LogP contribution >= 0.6 is 11.3 Å². The molecule has 0 unspecified atom stereocenters. The zero-order valence-electron chi connectivity index (χ0n) is 13.9. The van der Waals surface area contributed by atoms with Crippen molar-refractivity contribution in [2.45, 2.75) is 6.18 Å². The number of aromatic nitrogens is 2. The Morgan fingerprint density at radius 2 is 1.88 bits per heavy atom. The lowest BCUT2D eigenvalue weighted by molar-refractivity contribution is -0.141. The number of hydrazine groups is 1. The first-order chi connectivity index (χ1) is 12.3. The van der Waals surface area contributed by atoms with Crippen LogP contribution < -0.4 is 5.43 Å². The molecule has 2 heterocycles. The summed E-state index contributed by atoms with van der Waals surface area (Å²) in [5.74, 6) is -0.309. The summed E-state index contributed by atoms with van der Waals surface area (Å²) in [5.41, 5.74) is 2.81. The van der Waals surface area contributed by atoms with Crippen LogP contribution in [0.25, 0.3) is 16.3 Å². The van der Waals surface area contributed by atoms with Gasteiger partial charge in [-0.05, 0) is 41.8 Å². The smallest absolute Gasteiger partial charge is 0.285 e. The van der Waals surface area contributed by atoms with E-state index in [1.165, 1.54) is 21.0 Å². The van der Waals surface area contributed by atoms with E-state index in [0.717, 1.165) is 6.07 Å². The highest BCUT2D eigenvalue weighted by Crippen LogP contribution is 2.34. The fraction of sp³-hybridized carbons (Fsp3) is 0.176. The van der Waals surface area contributed by atoms with Gasteiger partial charge in [0, 0.05) is 19.7 Å². The molecule has 0 aliphatic rings. The summed E-state index contributed by atoms with van der Waals surface area (Å²) in [5, 5.41) is 7.01. The van der Waals surface area contributed by atoms with E-state index < -0.39 is 11.9 Å². The molecule has 0 radical (unpaired) electrons. The fourth-order valence-electron chi connectivity index (χ4n) is 2.34. The lowest BCUT2D eigenvalue weighted by Crippen LogP contribution is -2.36. The summed E-state index contributed by atoms with van der Waals surface area (Å²) < 4.78 is 40.5. The van der Waals surface area contributed by atoms with Gasteiger partial charge in [0.15, 0.2) is 5.69 Å². The number of thiophene rings is 1. The van der Waals surface area contributed by atoms with Crippen LogP contribution in [0.2, 0.25) is 0 Å². The molecule has 2 aromatic heterocycles. The molecule has 0 spiro atoms. The molecule has 9 heteroatoms. The van der Waals surface area contributed by atoms with E-state index in [1.54, 1.807) is 55.9 Å². The number of hydrogen-bond acceptors (Lipinski definition) is 4. The van der Waals surface area contributed by atoms with Gasteiger partial charge in [-0.3, -0.25) is 10.2 Å². The Hall–Kier alpha value is -2.65. The topological polar surface area (TPSA) is 50.2 Å². The Morgan fingerprint density at radius 1 is 1.19 bits per heavy atom. The molecule has 5 nitrogen and oxygen atoms in total. The van der Waals surface area contributed by atoms with Crippen molar-refractivity contribution < 1.29 is 18.0 Å². The number of benzene rings is 1. The summed E-state index contributed by atoms with van der Waals surface area (Å²) in [7, 11) is 3.37. The van der Waals surface area contributed by atoms with Crippen molar-refractivity contribution in [3.05, 3.63) is 59.1 Å². The van der Waals surface area contributed by atoms with Crippen molar-refractivity contribution in [1.82, 2.24) is 20.2 Å². The average Bonchev–Trinajstić information content (AvgIpc) is 3.23. The van der Waals surface area contributed by atoms with Gasteiger partial charge in [0.05, 0.1) is 16.3 Å². The minimum Gasteiger partial charge on any atom is -0.285 e. The van der Waals surface area contributed by atoms with E-state index >= 15 is 0 Å². The van der Waals surface area contributed by atoms with Crippen LogP contribution in [0.4, 0.5) is 13.2 Å². The standard InChI is InChI=1S/C17H15F3N4OS/c1-23(2)22-16(25)11-5-7-12(8-6-11)24-13(14-4-3-9-26-14)10-15(21-24)17(18,19)20/h3-10H,1-2H3,(H,22,25). The van der Waals surface area contributed by atoms with Gasteiger partial charge in [0.1, 0.15) is 0 Å². The minimum atomic E-state index is -4.54. The van der Waals surface area contributed by atoms with Gasteiger partial charge in [0.25, 0.3) is 5.91 Å². The molecule has 0 saturated heterocycles. The molecule has 0 aliphatic heterocycles. The average molecular weight is 380 g/mol. The minimum absolute atomic E-state index is 0.309. The molecule has 136 valence electrons. The van der Waals surface area contributed by atoms with Crippen LogP contribution in [0.5, 0.6) is 0 Å². The highest BCUT2D eigenvalue weighted by atomic mass is 32.1. The summed E-state index contributed by atoms with van der Waals surface area (Å²) in [6.45, 7) is 0. The van der Waals surface area contributed by atoms with Crippen LogP contribution in [0.3, 0.4) is 0 Å².